The molecule has 0 N–H and O–H groups in total. The molecular formula is C19H26O3. The van der Waals surface area contributed by atoms with E-state index in [1.54, 1.807) is 12.1 Å². The average molecular weight is 302 g/mol. The molecular weight excluding hydrogens is 276 g/mol. The van der Waals surface area contributed by atoms with Gasteiger partial charge in [0.15, 0.2) is 0 Å². The maximum atomic E-state index is 11.1. The first-order valence-electron chi connectivity index (χ1n) is 8.21. The topological polar surface area (TPSA) is 39.4 Å². The molecule has 2 rings (SSSR count). The molecule has 1 unspecified atom stereocenters. The van der Waals surface area contributed by atoms with Crippen molar-refractivity contribution in [2.75, 3.05) is 6.61 Å². The second kappa shape index (κ2) is 8.02. The Balaban J connectivity index is 1.79. The maximum Gasteiger partial charge on any atom is 0.336 e. The van der Waals surface area contributed by atoms with E-state index in [1.807, 2.05) is 12.1 Å². The molecule has 0 aliphatic rings. The summed E-state index contributed by atoms with van der Waals surface area (Å²) in [5, 5.41) is 0.891. The quantitative estimate of drug-likeness (QED) is 0.642. The summed E-state index contributed by atoms with van der Waals surface area (Å²) in [7, 11) is 0. The first-order valence-corrected chi connectivity index (χ1v) is 8.21. The van der Waals surface area contributed by atoms with Gasteiger partial charge in [-0.2, -0.15) is 0 Å². The van der Waals surface area contributed by atoms with Gasteiger partial charge in [0.25, 0.3) is 0 Å². The lowest BCUT2D eigenvalue weighted by Gasteiger charge is -2.13. The van der Waals surface area contributed by atoms with E-state index >= 15 is 0 Å². The van der Waals surface area contributed by atoms with E-state index in [-0.39, 0.29) is 5.63 Å². The Hall–Kier alpha value is -1.77. The first-order chi connectivity index (χ1) is 10.5. The lowest BCUT2D eigenvalue weighted by atomic mass is 9.98. The van der Waals surface area contributed by atoms with Crippen LogP contribution in [0.5, 0.6) is 5.75 Å². The third kappa shape index (κ3) is 5.21. The van der Waals surface area contributed by atoms with Crippen LogP contribution in [-0.2, 0) is 0 Å². The zero-order chi connectivity index (χ0) is 15.9. The molecule has 1 aromatic carbocycles. The fraction of sp³-hybridized carbons (Fsp3) is 0.526. The zero-order valence-corrected chi connectivity index (χ0v) is 13.8. The van der Waals surface area contributed by atoms with Gasteiger partial charge >= 0.3 is 5.63 Å². The highest BCUT2D eigenvalue weighted by molar-refractivity contribution is 5.77. The van der Waals surface area contributed by atoms with Gasteiger partial charge < -0.3 is 9.15 Å². The van der Waals surface area contributed by atoms with Gasteiger partial charge in [0.05, 0.1) is 6.61 Å². The predicted octanol–water partition coefficient (Wildman–Crippen LogP) is 5.02. The Bertz CT molecular complexity index is 642. The van der Waals surface area contributed by atoms with Crippen LogP contribution >= 0.6 is 0 Å². The normalized spacial score (nSPS) is 12.7. The zero-order valence-electron chi connectivity index (χ0n) is 13.8. The number of benzene rings is 1. The van der Waals surface area contributed by atoms with Crippen molar-refractivity contribution in [2.45, 2.75) is 46.5 Å². The van der Waals surface area contributed by atoms with Crippen LogP contribution < -0.4 is 10.4 Å². The summed E-state index contributed by atoms with van der Waals surface area (Å²) in [6.45, 7) is 7.56. The van der Waals surface area contributed by atoms with Crippen LogP contribution in [0.2, 0.25) is 0 Å². The molecule has 120 valence electrons. The van der Waals surface area contributed by atoms with Crippen molar-refractivity contribution in [2.24, 2.45) is 11.8 Å². The Morgan fingerprint density at radius 3 is 2.64 bits per heavy atom. The van der Waals surface area contributed by atoms with E-state index in [1.165, 1.54) is 25.3 Å². The van der Waals surface area contributed by atoms with Crippen molar-refractivity contribution < 1.29 is 9.15 Å². The summed E-state index contributed by atoms with van der Waals surface area (Å²) in [6.07, 6.45) is 4.94. The van der Waals surface area contributed by atoms with Gasteiger partial charge in [-0.25, -0.2) is 4.79 Å². The largest absolute Gasteiger partial charge is 0.494 e. The highest BCUT2D eigenvalue weighted by atomic mass is 16.5. The van der Waals surface area contributed by atoms with Crippen LogP contribution in [0.15, 0.2) is 39.5 Å². The van der Waals surface area contributed by atoms with E-state index < -0.39 is 0 Å². The fourth-order valence-corrected chi connectivity index (χ4v) is 2.54. The Morgan fingerprint density at radius 1 is 1.05 bits per heavy atom. The molecule has 22 heavy (non-hydrogen) atoms. The predicted molar refractivity (Wildman–Crippen MR) is 90.4 cm³/mol. The van der Waals surface area contributed by atoms with Crippen LogP contribution in [0.4, 0.5) is 0 Å². The lowest BCUT2D eigenvalue weighted by molar-refractivity contribution is 0.276. The highest BCUT2D eigenvalue weighted by Gasteiger charge is 2.05. The number of rotatable bonds is 8. The first kappa shape index (κ1) is 16.6. The minimum atomic E-state index is -0.323. The van der Waals surface area contributed by atoms with Gasteiger partial charge in [-0.15, -0.1) is 0 Å². The molecule has 2 aromatic rings. The molecule has 1 heterocycles. The molecule has 0 aliphatic carbocycles. The van der Waals surface area contributed by atoms with E-state index in [9.17, 15) is 4.79 Å². The molecule has 1 atom stereocenters. The highest BCUT2D eigenvalue weighted by Crippen LogP contribution is 2.21. The van der Waals surface area contributed by atoms with Gasteiger partial charge in [0, 0.05) is 11.5 Å². The Labute approximate surface area is 132 Å². The molecule has 3 nitrogen and oxygen atoms in total. The van der Waals surface area contributed by atoms with Crippen molar-refractivity contribution >= 4 is 11.0 Å². The molecule has 0 spiro atoms. The summed E-state index contributed by atoms with van der Waals surface area (Å²) in [5.41, 5.74) is 0.276. The summed E-state index contributed by atoms with van der Waals surface area (Å²) < 4.78 is 10.9. The minimum absolute atomic E-state index is 0.323. The monoisotopic (exact) mass is 302 g/mol. The average Bonchev–Trinajstić information content (AvgIpc) is 2.47. The summed E-state index contributed by atoms with van der Waals surface area (Å²) >= 11 is 0. The van der Waals surface area contributed by atoms with E-state index in [0.717, 1.165) is 30.1 Å². The van der Waals surface area contributed by atoms with Crippen molar-refractivity contribution in [3.8, 4) is 5.75 Å². The number of hydrogen-bond acceptors (Lipinski definition) is 3. The molecule has 1 aromatic heterocycles. The maximum absolute atomic E-state index is 11.1. The van der Waals surface area contributed by atoms with Gasteiger partial charge in [-0.1, -0.05) is 40.0 Å². The molecule has 0 aliphatic heterocycles. The Morgan fingerprint density at radius 2 is 1.86 bits per heavy atom. The number of fused-ring (bicyclic) bond motifs is 1. The van der Waals surface area contributed by atoms with Crippen LogP contribution in [0.3, 0.4) is 0 Å². The van der Waals surface area contributed by atoms with Crippen molar-refractivity contribution in [1.82, 2.24) is 0 Å². The van der Waals surface area contributed by atoms with E-state index in [2.05, 4.69) is 20.8 Å². The molecule has 3 heteroatoms. The molecule has 0 saturated carbocycles. The molecule has 0 bridgehead atoms. The minimum Gasteiger partial charge on any atom is -0.494 e. The summed E-state index contributed by atoms with van der Waals surface area (Å²) in [5.74, 6) is 2.31. The smallest absolute Gasteiger partial charge is 0.336 e. The number of ether oxygens (including phenoxy) is 1. The Kier molecular flexibility index (Phi) is 6.05. The third-order valence-corrected chi connectivity index (χ3v) is 3.95. The standard InChI is InChI=1S/C19H26O3/c1-14(2)5-4-6-15(3)11-12-21-17-8-9-18-16(13-17)7-10-19(20)22-18/h7-10,13-15H,4-6,11-12H2,1-3H3. The van der Waals surface area contributed by atoms with Crippen LogP contribution in [0, 0.1) is 11.8 Å². The summed E-state index contributed by atoms with van der Waals surface area (Å²) in [4.78, 5) is 11.1. The van der Waals surface area contributed by atoms with Crippen molar-refractivity contribution in [1.29, 1.82) is 0 Å². The lowest BCUT2D eigenvalue weighted by Crippen LogP contribution is -2.05. The second-order valence-corrected chi connectivity index (χ2v) is 6.52. The van der Waals surface area contributed by atoms with Crippen molar-refractivity contribution in [3.05, 3.63) is 40.8 Å². The van der Waals surface area contributed by atoms with Gasteiger partial charge in [0.1, 0.15) is 11.3 Å². The molecule has 0 radical (unpaired) electrons. The van der Waals surface area contributed by atoms with Crippen LogP contribution in [0.1, 0.15) is 46.5 Å². The molecule has 0 fully saturated rings. The summed E-state index contributed by atoms with van der Waals surface area (Å²) in [6, 6.07) is 8.76. The van der Waals surface area contributed by atoms with Crippen LogP contribution in [0.25, 0.3) is 11.0 Å². The number of hydrogen-bond donors (Lipinski definition) is 0. The molecule has 0 saturated heterocycles. The van der Waals surface area contributed by atoms with E-state index in [0.29, 0.717) is 11.5 Å². The third-order valence-electron chi connectivity index (χ3n) is 3.95. The van der Waals surface area contributed by atoms with Gasteiger partial charge in [-0.3, -0.25) is 0 Å². The van der Waals surface area contributed by atoms with Crippen molar-refractivity contribution in [3.63, 3.8) is 0 Å². The van der Waals surface area contributed by atoms with E-state index in [4.69, 9.17) is 9.15 Å². The SMILES string of the molecule is CC(C)CCCC(C)CCOc1ccc2oc(=O)ccc2c1. The van der Waals surface area contributed by atoms with Gasteiger partial charge in [0.2, 0.25) is 0 Å². The fourth-order valence-electron chi connectivity index (χ4n) is 2.54. The van der Waals surface area contributed by atoms with Gasteiger partial charge in [-0.05, 0) is 42.5 Å². The molecule has 0 amide bonds. The second-order valence-electron chi connectivity index (χ2n) is 6.52. The van der Waals surface area contributed by atoms with Crippen LogP contribution in [-0.4, -0.2) is 6.61 Å².